The molecule has 0 aliphatic heterocycles. The largest absolute Gasteiger partial charge is 0.482 e. The van der Waals surface area contributed by atoms with Crippen LogP contribution in [0.2, 0.25) is 0 Å². The van der Waals surface area contributed by atoms with Gasteiger partial charge in [0.25, 0.3) is 0 Å². The van der Waals surface area contributed by atoms with Crippen molar-refractivity contribution in [2.45, 2.75) is 118 Å². The number of carbonyl (C=O) groups excluding carboxylic acids is 4. The molecule has 0 saturated heterocycles. The predicted octanol–water partition coefficient (Wildman–Crippen LogP) is 7.75. The van der Waals surface area contributed by atoms with Crippen molar-refractivity contribution >= 4 is 23.9 Å². The fourth-order valence-electron chi connectivity index (χ4n) is 5.09. The van der Waals surface area contributed by atoms with Crippen LogP contribution in [0, 0.1) is 0 Å². The molecule has 3 aromatic carbocycles. The number of hydrogen-bond acceptors (Lipinski definition) is 12. The fourth-order valence-corrected chi connectivity index (χ4v) is 5.09. The molecule has 12 heteroatoms. The van der Waals surface area contributed by atoms with E-state index in [1.807, 2.05) is 30.3 Å². The van der Waals surface area contributed by atoms with E-state index >= 15 is 0 Å². The zero-order chi connectivity index (χ0) is 41.9. The van der Waals surface area contributed by atoms with Gasteiger partial charge in [-0.2, -0.15) is 0 Å². The minimum absolute atomic E-state index is 0.232. The second-order valence-electron chi connectivity index (χ2n) is 17.2. The first-order valence-corrected chi connectivity index (χ1v) is 18.5. The van der Waals surface area contributed by atoms with Gasteiger partial charge in [-0.3, -0.25) is 0 Å². The Kier molecular flexibility index (Phi) is 15.4. The fraction of sp³-hybridized carbons (Fsp3) is 0.500. The van der Waals surface area contributed by atoms with Gasteiger partial charge in [0.15, 0.2) is 26.4 Å². The maximum absolute atomic E-state index is 12.7. The Morgan fingerprint density at radius 2 is 0.661 bits per heavy atom. The van der Waals surface area contributed by atoms with Crippen LogP contribution in [0.25, 0.3) is 0 Å². The summed E-state index contributed by atoms with van der Waals surface area (Å²) in [6.45, 7) is 20.2. The molecule has 12 nitrogen and oxygen atoms in total. The first kappa shape index (κ1) is 45.1. The zero-order valence-corrected chi connectivity index (χ0v) is 34.9. The van der Waals surface area contributed by atoms with Crippen molar-refractivity contribution in [3.63, 3.8) is 0 Å². The van der Waals surface area contributed by atoms with Crippen molar-refractivity contribution in [2.75, 3.05) is 26.4 Å². The third-order valence-corrected chi connectivity index (χ3v) is 6.96. The maximum atomic E-state index is 12.7. The second-order valence-corrected chi connectivity index (χ2v) is 17.2. The van der Waals surface area contributed by atoms with Gasteiger partial charge in [0, 0.05) is 18.9 Å². The standard InChI is InChI=1S/C44H58O12/c1-41(2,3)53-37(45)25-49-33-17-13-29(14-18-33)21-31-23-32(22-30-15-19-34(20-16-30)50-26-38(46)54-42(4,5)6)36(52-28-40(48)56-44(10,11)12)24-35(31)51-27-39(47)55-43(7,8)9/h13-20,23-24H,21-22,25-28H2,1-12H3. The number of carbonyl (C=O) groups is 4. The first-order valence-electron chi connectivity index (χ1n) is 18.5. The van der Waals surface area contributed by atoms with Crippen molar-refractivity contribution in [2.24, 2.45) is 0 Å². The lowest BCUT2D eigenvalue weighted by Gasteiger charge is -2.22. The van der Waals surface area contributed by atoms with Crippen LogP contribution in [-0.4, -0.2) is 72.7 Å². The molecule has 0 spiro atoms. The molecule has 0 N–H and O–H groups in total. The van der Waals surface area contributed by atoms with E-state index in [4.69, 9.17) is 37.9 Å². The molecule has 0 aliphatic rings. The van der Waals surface area contributed by atoms with Crippen molar-refractivity contribution in [1.82, 2.24) is 0 Å². The van der Waals surface area contributed by atoms with Gasteiger partial charge in [-0.1, -0.05) is 24.3 Å². The van der Waals surface area contributed by atoms with Crippen LogP contribution in [0.1, 0.15) is 105 Å². The highest BCUT2D eigenvalue weighted by Gasteiger charge is 2.22. The quantitative estimate of drug-likeness (QED) is 0.104. The van der Waals surface area contributed by atoms with Crippen LogP contribution in [0.4, 0.5) is 0 Å². The van der Waals surface area contributed by atoms with E-state index < -0.39 is 46.3 Å². The number of benzene rings is 3. The molecular formula is C44H58O12. The lowest BCUT2D eigenvalue weighted by Crippen LogP contribution is -2.28. The van der Waals surface area contributed by atoms with Crippen molar-refractivity contribution in [1.29, 1.82) is 0 Å². The Morgan fingerprint density at radius 1 is 0.393 bits per heavy atom. The molecule has 0 aromatic heterocycles. The molecular weight excluding hydrogens is 720 g/mol. The number of ether oxygens (including phenoxy) is 8. The Hall–Kier alpha value is -5.26. The SMILES string of the molecule is CC(C)(C)OC(=O)COc1ccc(Cc2cc(Cc3ccc(OCC(=O)OC(C)(C)C)cc3)c(OCC(=O)OC(C)(C)C)cc2OCC(=O)OC(C)(C)C)cc1. The topological polar surface area (TPSA) is 142 Å². The molecule has 3 aromatic rings. The summed E-state index contributed by atoms with van der Waals surface area (Å²) in [5, 5.41) is 0. The van der Waals surface area contributed by atoms with E-state index in [0.29, 0.717) is 35.8 Å². The van der Waals surface area contributed by atoms with Crippen LogP contribution in [0.15, 0.2) is 60.7 Å². The van der Waals surface area contributed by atoms with Gasteiger partial charge in [-0.15, -0.1) is 0 Å². The molecule has 56 heavy (non-hydrogen) atoms. The third kappa shape index (κ3) is 17.9. The summed E-state index contributed by atoms with van der Waals surface area (Å²) in [5.41, 5.74) is 0.568. The molecule has 0 aliphatic carbocycles. The zero-order valence-electron chi connectivity index (χ0n) is 34.9. The molecule has 0 unspecified atom stereocenters. The van der Waals surface area contributed by atoms with Gasteiger partial charge in [0.1, 0.15) is 45.4 Å². The van der Waals surface area contributed by atoms with Crippen molar-refractivity contribution in [3.05, 3.63) is 82.9 Å². The van der Waals surface area contributed by atoms with Crippen molar-refractivity contribution < 1.29 is 57.1 Å². The summed E-state index contributed by atoms with van der Waals surface area (Å²) in [6.07, 6.45) is 0.763. The van der Waals surface area contributed by atoms with E-state index in [-0.39, 0.29) is 26.4 Å². The third-order valence-electron chi connectivity index (χ3n) is 6.96. The van der Waals surface area contributed by atoms with Crippen LogP contribution >= 0.6 is 0 Å². The highest BCUT2D eigenvalue weighted by molar-refractivity contribution is 5.73. The molecule has 0 heterocycles. The van der Waals surface area contributed by atoms with Crippen LogP contribution < -0.4 is 18.9 Å². The monoisotopic (exact) mass is 778 g/mol. The Bertz CT molecular complexity index is 1650. The van der Waals surface area contributed by atoms with Crippen LogP contribution in [0.3, 0.4) is 0 Å². The van der Waals surface area contributed by atoms with E-state index in [1.165, 1.54) is 0 Å². The van der Waals surface area contributed by atoms with Gasteiger partial charge < -0.3 is 37.9 Å². The lowest BCUT2D eigenvalue weighted by molar-refractivity contribution is -0.158. The van der Waals surface area contributed by atoms with Gasteiger partial charge in [0.2, 0.25) is 0 Å². The number of esters is 4. The Labute approximate surface area is 331 Å². The highest BCUT2D eigenvalue weighted by Crippen LogP contribution is 2.34. The summed E-state index contributed by atoms with van der Waals surface area (Å²) in [6, 6.07) is 18.1. The summed E-state index contributed by atoms with van der Waals surface area (Å²) < 4.78 is 45.0. The Balaban J connectivity index is 1.94. The average molecular weight is 779 g/mol. The van der Waals surface area contributed by atoms with Crippen LogP contribution in [0.5, 0.6) is 23.0 Å². The van der Waals surface area contributed by atoms with E-state index in [0.717, 1.165) is 22.3 Å². The number of hydrogen-bond donors (Lipinski definition) is 0. The summed E-state index contributed by atoms with van der Waals surface area (Å²) in [4.78, 5) is 49.7. The van der Waals surface area contributed by atoms with E-state index in [9.17, 15) is 19.2 Å². The molecule has 0 amide bonds. The van der Waals surface area contributed by atoms with E-state index in [1.54, 1.807) is 113 Å². The summed E-state index contributed by atoms with van der Waals surface area (Å²) in [5.74, 6) is -0.355. The smallest absolute Gasteiger partial charge is 0.344 e. The molecule has 0 bridgehead atoms. The minimum atomic E-state index is -0.710. The molecule has 3 rings (SSSR count). The molecule has 0 saturated carbocycles. The Morgan fingerprint density at radius 3 is 0.929 bits per heavy atom. The number of rotatable bonds is 16. The van der Waals surface area contributed by atoms with Gasteiger partial charge >= 0.3 is 23.9 Å². The highest BCUT2D eigenvalue weighted by atomic mass is 16.6. The van der Waals surface area contributed by atoms with Gasteiger partial charge in [-0.25, -0.2) is 19.2 Å². The molecule has 0 fully saturated rings. The van der Waals surface area contributed by atoms with Crippen molar-refractivity contribution in [3.8, 4) is 23.0 Å². The maximum Gasteiger partial charge on any atom is 0.344 e. The molecule has 0 radical (unpaired) electrons. The van der Waals surface area contributed by atoms with Crippen LogP contribution in [-0.2, 0) is 51.0 Å². The predicted molar refractivity (Wildman–Crippen MR) is 210 cm³/mol. The van der Waals surface area contributed by atoms with E-state index in [2.05, 4.69) is 0 Å². The molecule has 0 atom stereocenters. The van der Waals surface area contributed by atoms with Gasteiger partial charge in [0.05, 0.1) is 0 Å². The molecule has 306 valence electrons. The normalized spacial score (nSPS) is 11.9. The summed E-state index contributed by atoms with van der Waals surface area (Å²) in [7, 11) is 0. The summed E-state index contributed by atoms with van der Waals surface area (Å²) >= 11 is 0. The average Bonchev–Trinajstić information content (AvgIpc) is 3.03. The lowest BCUT2D eigenvalue weighted by atomic mass is 9.97. The minimum Gasteiger partial charge on any atom is -0.482 e. The van der Waals surface area contributed by atoms with Gasteiger partial charge in [-0.05, 0) is 136 Å². The second kappa shape index (κ2) is 19.1. The first-order chi connectivity index (χ1) is 25.8.